The van der Waals surface area contributed by atoms with E-state index >= 15 is 0 Å². The molecule has 2 atom stereocenters. The van der Waals surface area contributed by atoms with Gasteiger partial charge in [0.05, 0.1) is 17.0 Å². The minimum Gasteiger partial charge on any atom is -0.376 e. The van der Waals surface area contributed by atoms with Crippen LogP contribution in [0.5, 0.6) is 0 Å². The monoisotopic (exact) mass is 314 g/mol. The molecule has 7 heteroatoms. The normalized spacial score (nSPS) is 26.2. The number of hydrogen-bond acceptors (Lipinski definition) is 4. The Balaban J connectivity index is 1.80. The van der Waals surface area contributed by atoms with Crippen molar-refractivity contribution in [3.8, 4) is 0 Å². The van der Waals surface area contributed by atoms with Crippen molar-refractivity contribution in [3.63, 3.8) is 0 Å². The van der Waals surface area contributed by atoms with Crippen LogP contribution in [0.25, 0.3) is 0 Å². The molecule has 1 heterocycles. The van der Waals surface area contributed by atoms with E-state index in [4.69, 9.17) is 10.5 Å². The van der Waals surface area contributed by atoms with Crippen LogP contribution in [0.1, 0.15) is 24.8 Å². The average Bonchev–Trinajstić information content (AvgIpc) is 3.20. The predicted octanol–water partition coefficient (Wildman–Crippen LogP) is 1.13. The Morgan fingerprint density at radius 1 is 1.33 bits per heavy atom. The highest BCUT2D eigenvalue weighted by Crippen LogP contribution is 2.39. The topological polar surface area (TPSA) is 81.4 Å². The molecule has 2 aliphatic rings. The van der Waals surface area contributed by atoms with Crippen LogP contribution in [-0.4, -0.2) is 27.2 Å². The molecule has 116 valence electrons. The first-order valence-electron chi connectivity index (χ1n) is 7.13. The Morgan fingerprint density at radius 3 is 2.76 bits per heavy atom. The summed E-state index contributed by atoms with van der Waals surface area (Å²) in [6.07, 6.45) is 2.83. The number of rotatable bonds is 5. The van der Waals surface area contributed by atoms with E-state index in [1.54, 1.807) is 0 Å². The third-order valence-electron chi connectivity index (χ3n) is 4.08. The van der Waals surface area contributed by atoms with Crippen LogP contribution < -0.4 is 10.5 Å². The van der Waals surface area contributed by atoms with Crippen LogP contribution in [0, 0.1) is 11.7 Å². The van der Waals surface area contributed by atoms with Gasteiger partial charge in [0, 0.05) is 18.7 Å². The lowest BCUT2D eigenvalue weighted by molar-refractivity contribution is 0.0848. The molecule has 0 bridgehead atoms. The fourth-order valence-corrected chi connectivity index (χ4v) is 4.10. The largest absolute Gasteiger partial charge is 0.376 e. The van der Waals surface area contributed by atoms with E-state index in [1.807, 2.05) is 0 Å². The van der Waals surface area contributed by atoms with Crippen molar-refractivity contribution in [2.24, 2.45) is 11.7 Å². The molecule has 1 aromatic rings. The smallest absolute Gasteiger partial charge is 0.240 e. The number of sulfonamides is 1. The number of benzene rings is 1. The van der Waals surface area contributed by atoms with Gasteiger partial charge in [0.2, 0.25) is 10.0 Å². The average molecular weight is 314 g/mol. The molecule has 3 rings (SSSR count). The minimum atomic E-state index is -3.68. The van der Waals surface area contributed by atoms with Crippen molar-refractivity contribution >= 4 is 10.0 Å². The van der Waals surface area contributed by atoms with Crippen LogP contribution in [0.3, 0.4) is 0 Å². The number of halogens is 1. The van der Waals surface area contributed by atoms with Crippen molar-refractivity contribution in [2.75, 3.05) is 6.61 Å². The Kier molecular flexibility index (Phi) is 4.00. The van der Waals surface area contributed by atoms with Gasteiger partial charge in [0.25, 0.3) is 0 Å². The Bertz CT molecular complexity index is 631. The summed E-state index contributed by atoms with van der Waals surface area (Å²) in [5, 5.41) is 0. The maximum atomic E-state index is 13.4. The first kappa shape index (κ1) is 14.9. The molecule has 1 aromatic carbocycles. The molecule has 2 fully saturated rings. The standard InChI is InChI=1S/C14H19FN2O3S/c15-12-4-3-11(7-10(12)8-16)21(18,19)17-13-5-6-20-14(13)9-1-2-9/h3-4,7,9,13-14,17H,1-2,5-6,8,16H2. The zero-order valence-corrected chi connectivity index (χ0v) is 12.4. The molecule has 21 heavy (non-hydrogen) atoms. The summed E-state index contributed by atoms with van der Waals surface area (Å²) in [5.74, 6) is -0.0236. The molecule has 1 saturated carbocycles. The van der Waals surface area contributed by atoms with Gasteiger partial charge in [-0.15, -0.1) is 0 Å². The van der Waals surface area contributed by atoms with Gasteiger partial charge in [-0.05, 0) is 43.4 Å². The van der Waals surface area contributed by atoms with E-state index in [9.17, 15) is 12.8 Å². The molecular formula is C14H19FN2O3S. The van der Waals surface area contributed by atoms with Crippen molar-refractivity contribution in [1.29, 1.82) is 0 Å². The summed E-state index contributed by atoms with van der Waals surface area (Å²) >= 11 is 0. The van der Waals surface area contributed by atoms with Crippen LogP contribution in [0.2, 0.25) is 0 Å². The highest BCUT2D eigenvalue weighted by atomic mass is 32.2. The molecule has 2 unspecified atom stereocenters. The summed E-state index contributed by atoms with van der Waals surface area (Å²) in [7, 11) is -3.68. The van der Waals surface area contributed by atoms with Gasteiger partial charge in [0.15, 0.2) is 0 Å². The maximum absolute atomic E-state index is 13.4. The lowest BCUT2D eigenvalue weighted by Crippen LogP contribution is -2.41. The van der Waals surface area contributed by atoms with E-state index in [0.29, 0.717) is 18.9 Å². The Hall–Kier alpha value is -1.02. The van der Waals surface area contributed by atoms with Crippen LogP contribution in [-0.2, 0) is 21.3 Å². The van der Waals surface area contributed by atoms with E-state index in [1.165, 1.54) is 12.1 Å². The number of ether oxygens (including phenoxy) is 1. The van der Waals surface area contributed by atoms with Gasteiger partial charge < -0.3 is 10.5 Å². The third kappa shape index (κ3) is 3.11. The highest BCUT2D eigenvalue weighted by molar-refractivity contribution is 7.89. The fourth-order valence-electron chi connectivity index (χ4n) is 2.77. The first-order valence-corrected chi connectivity index (χ1v) is 8.62. The summed E-state index contributed by atoms with van der Waals surface area (Å²) in [6.45, 7) is 0.540. The van der Waals surface area contributed by atoms with Gasteiger partial charge in [-0.3, -0.25) is 0 Å². The number of nitrogens with one attached hydrogen (secondary N) is 1. The predicted molar refractivity (Wildman–Crippen MR) is 75.5 cm³/mol. The van der Waals surface area contributed by atoms with E-state index < -0.39 is 15.8 Å². The van der Waals surface area contributed by atoms with Gasteiger partial charge in [-0.1, -0.05) is 0 Å². The maximum Gasteiger partial charge on any atom is 0.240 e. The SMILES string of the molecule is NCc1cc(S(=O)(=O)NC2CCOC2C2CC2)ccc1F. The van der Waals surface area contributed by atoms with Crippen molar-refractivity contribution in [1.82, 2.24) is 4.72 Å². The van der Waals surface area contributed by atoms with Crippen molar-refractivity contribution in [2.45, 2.75) is 42.8 Å². The summed E-state index contributed by atoms with van der Waals surface area (Å²) in [5.41, 5.74) is 5.62. The first-order chi connectivity index (χ1) is 10.0. The molecule has 5 nitrogen and oxygen atoms in total. The lowest BCUT2D eigenvalue weighted by atomic mass is 10.1. The van der Waals surface area contributed by atoms with Crippen LogP contribution in [0.15, 0.2) is 23.1 Å². The van der Waals surface area contributed by atoms with Crippen LogP contribution >= 0.6 is 0 Å². The van der Waals surface area contributed by atoms with Gasteiger partial charge >= 0.3 is 0 Å². The second-order valence-corrected chi connectivity index (χ2v) is 7.36. The zero-order chi connectivity index (χ0) is 15.0. The van der Waals surface area contributed by atoms with Gasteiger partial charge in [0.1, 0.15) is 5.82 Å². The van der Waals surface area contributed by atoms with Gasteiger partial charge in [-0.2, -0.15) is 0 Å². The molecule has 0 aromatic heterocycles. The molecule has 3 N–H and O–H groups in total. The molecule has 0 amide bonds. The van der Waals surface area contributed by atoms with E-state index in [0.717, 1.165) is 18.9 Å². The molecule has 0 spiro atoms. The summed E-state index contributed by atoms with van der Waals surface area (Å²) in [6, 6.07) is 3.49. The van der Waals surface area contributed by atoms with E-state index in [-0.39, 0.29) is 29.1 Å². The Morgan fingerprint density at radius 2 is 2.10 bits per heavy atom. The van der Waals surface area contributed by atoms with E-state index in [2.05, 4.69) is 4.72 Å². The zero-order valence-electron chi connectivity index (χ0n) is 11.6. The highest BCUT2D eigenvalue weighted by Gasteiger charge is 2.42. The third-order valence-corrected chi connectivity index (χ3v) is 5.56. The van der Waals surface area contributed by atoms with Crippen molar-refractivity contribution < 1.29 is 17.5 Å². The number of hydrogen-bond donors (Lipinski definition) is 2. The molecule has 0 radical (unpaired) electrons. The minimum absolute atomic E-state index is 0.0331. The summed E-state index contributed by atoms with van der Waals surface area (Å²) < 4.78 is 46.6. The Labute approximate surface area is 123 Å². The quantitative estimate of drug-likeness (QED) is 0.853. The van der Waals surface area contributed by atoms with Crippen LogP contribution in [0.4, 0.5) is 4.39 Å². The summed E-state index contributed by atoms with van der Waals surface area (Å²) in [4.78, 5) is 0.0470. The molecule has 1 aliphatic heterocycles. The lowest BCUT2D eigenvalue weighted by Gasteiger charge is -2.19. The molecule has 1 saturated heterocycles. The second kappa shape index (κ2) is 5.64. The molecule has 1 aliphatic carbocycles. The van der Waals surface area contributed by atoms with Crippen molar-refractivity contribution in [3.05, 3.63) is 29.6 Å². The number of nitrogens with two attached hydrogens (primary N) is 1. The second-order valence-electron chi connectivity index (χ2n) is 5.65. The fraction of sp³-hybridized carbons (Fsp3) is 0.571. The van der Waals surface area contributed by atoms with Gasteiger partial charge in [-0.25, -0.2) is 17.5 Å². The molecular weight excluding hydrogens is 295 g/mol.